The number of methoxy groups -OCH3 is 1. The lowest BCUT2D eigenvalue weighted by Gasteiger charge is -2.44. The number of carbonyl (C=O) groups excluding carboxylic acids is 2. The number of fused-ring (bicyclic) bond motifs is 1. The topological polar surface area (TPSA) is 85.1 Å². The van der Waals surface area contributed by atoms with E-state index < -0.39 is 0 Å². The first kappa shape index (κ1) is 26.8. The molecule has 206 valence electrons. The Balaban J connectivity index is 1.39. The number of amides is 2. The molecule has 8 heteroatoms. The highest BCUT2D eigenvalue weighted by Crippen LogP contribution is 2.39. The van der Waals surface area contributed by atoms with Gasteiger partial charge < -0.3 is 23.8 Å². The highest BCUT2D eigenvalue weighted by atomic mass is 16.5. The number of carbonyl (C=O) groups is 2. The summed E-state index contributed by atoms with van der Waals surface area (Å²) in [6.07, 6.45) is 5.85. The van der Waals surface area contributed by atoms with Crippen molar-refractivity contribution in [2.24, 2.45) is 5.41 Å². The molecular weight excluding hydrogens is 494 g/mol. The average molecular weight is 532 g/mol. The van der Waals surface area contributed by atoms with Crippen LogP contribution in [0.3, 0.4) is 0 Å². The van der Waals surface area contributed by atoms with Crippen LogP contribution in [-0.2, 0) is 11.2 Å². The van der Waals surface area contributed by atoms with Crippen molar-refractivity contribution in [2.75, 3.05) is 39.9 Å². The van der Waals surface area contributed by atoms with Crippen molar-refractivity contribution in [2.45, 2.75) is 45.4 Å². The van der Waals surface area contributed by atoms with Crippen molar-refractivity contribution >= 4 is 11.8 Å². The summed E-state index contributed by atoms with van der Waals surface area (Å²) in [5.41, 5.74) is 2.60. The minimum Gasteiger partial charge on any atom is -0.497 e. The molecule has 1 spiro atoms. The molecule has 5 rings (SSSR count). The second-order valence-corrected chi connectivity index (χ2v) is 10.7. The van der Waals surface area contributed by atoms with Gasteiger partial charge in [-0.25, -0.2) is 0 Å². The van der Waals surface area contributed by atoms with Gasteiger partial charge in [-0.3, -0.25) is 9.59 Å². The molecule has 3 heterocycles. The van der Waals surface area contributed by atoms with Gasteiger partial charge in [-0.1, -0.05) is 29.8 Å². The Hall–Kier alpha value is -3.81. The molecule has 1 fully saturated rings. The van der Waals surface area contributed by atoms with E-state index in [2.05, 4.69) is 11.2 Å². The zero-order valence-electron chi connectivity index (χ0n) is 22.9. The smallest absolute Gasteiger partial charge is 0.292 e. The molecule has 2 aliphatic heterocycles. The first-order valence-corrected chi connectivity index (χ1v) is 13.8. The molecule has 0 aliphatic carbocycles. The van der Waals surface area contributed by atoms with Crippen LogP contribution in [-0.4, -0.2) is 66.7 Å². The van der Waals surface area contributed by atoms with Crippen LogP contribution in [0.2, 0.25) is 0 Å². The largest absolute Gasteiger partial charge is 0.497 e. The molecular formula is C31H37N3O5. The van der Waals surface area contributed by atoms with E-state index in [0.29, 0.717) is 25.4 Å². The summed E-state index contributed by atoms with van der Waals surface area (Å²) in [5.74, 6) is 1.77. The van der Waals surface area contributed by atoms with Crippen LogP contribution in [0.15, 0.2) is 59.1 Å². The number of piperidine rings is 1. The van der Waals surface area contributed by atoms with E-state index >= 15 is 0 Å². The van der Waals surface area contributed by atoms with Gasteiger partial charge in [-0.2, -0.15) is 0 Å². The number of para-hydroxylation sites is 1. The molecule has 1 aromatic heterocycles. The molecule has 2 aromatic carbocycles. The number of hydrogen-bond donors (Lipinski definition) is 0. The molecule has 0 bridgehead atoms. The molecule has 0 radical (unpaired) electrons. The van der Waals surface area contributed by atoms with Gasteiger partial charge in [0.1, 0.15) is 23.8 Å². The molecule has 0 N–H and O–H groups in total. The molecule has 3 aromatic rings. The molecule has 2 aliphatic rings. The van der Waals surface area contributed by atoms with Crippen LogP contribution >= 0.6 is 0 Å². The van der Waals surface area contributed by atoms with Crippen molar-refractivity contribution < 1.29 is 23.6 Å². The number of aryl methyl sites for hydroxylation is 1. The average Bonchev–Trinajstić information content (AvgIpc) is 3.45. The van der Waals surface area contributed by atoms with E-state index in [0.717, 1.165) is 68.7 Å². The van der Waals surface area contributed by atoms with E-state index in [9.17, 15) is 9.59 Å². The van der Waals surface area contributed by atoms with E-state index in [1.807, 2.05) is 52.3 Å². The highest BCUT2D eigenvalue weighted by Gasteiger charge is 2.38. The minimum absolute atomic E-state index is 0.0564. The summed E-state index contributed by atoms with van der Waals surface area (Å²) in [7, 11) is 1.62. The number of ether oxygens (including phenoxy) is 2. The lowest BCUT2D eigenvalue weighted by atomic mass is 9.73. The number of benzene rings is 2. The Labute approximate surface area is 229 Å². The van der Waals surface area contributed by atoms with Gasteiger partial charge in [0, 0.05) is 38.2 Å². The predicted octanol–water partition coefficient (Wildman–Crippen LogP) is 5.23. The zero-order valence-corrected chi connectivity index (χ0v) is 22.9. The summed E-state index contributed by atoms with van der Waals surface area (Å²) in [6, 6.07) is 17.4. The first-order chi connectivity index (χ1) is 19.0. The molecule has 2 amide bonds. The van der Waals surface area contributed by atoms with Crippen molar-refractivity contribution in [3.05, 3.63) is 65.9 Å². The Morgan fingerprint density at radius 1 is 0.949 bits per heavy atom. The maximum absolute atomic E-state index is 13.9. The molecule has 0 atom stereocenters. The minimum atomic E-state index is -0.190. The predicted molar refractivity (Wildman–Crippen MR) is 148 cm³/mol. The molecule has 39 heavy (non-hydrogen) atoms. The summed E-state index contributed by atoms with van der Waals surface area (Å²) < 4.78 is 17.0. The fraction of sp³-hybridized carbons (Fsp3) is 0.452. The number of nitrogens with zero attached hydrogens (tertiary/aromatic N) is 3. The molecule has 0 saturated carbocycles. The SMILES string of the molecule is COc1ccc(-c2cc(C(=O)N3CCOc4ccccc4CCCCC4(CCN(C(C)=O)CC4)C3)on2)cc1. The number of rotatable bonds is 3. The maximum Gasteiger partial charge on any atom is 0.292 e. The van der Waals surface area contributed by atoms with Crippen LogP contribution in [0.5, 0.6) is 11.5 Å². The lowest BCUT2D eigenvalue weighted by Crippen LogP contribution is -2.49. The Morgan fingerprint density at radius 3 is 2.46 bits per heavy atom. The van der Waals surface area contributed by atoms with Gasteiger partial charge in [0.25, 0.3) is 5.91 Å². The van der Waals surface area contributed by atoms with Gasteiger partial charge >= 0.3 is 0 Å². The van der Waals surface area contributed by atoms with Crippen LogP contribution in [0.1, 0.15) is 55.1 Å². The van der Waals surface area contributed by atoms with Crippen LogP contribution in [0.4, 0.5) is 0 Å². The maximum atomic E-state index is 13.9. The van der Waals surface area contributed by atoms with Crippen LogP contribution in [0.25, 0.3) is 11.3 Å². The van der Waals surface area contributed by atoms with E-state index in [1.165, 1.54) is 5.56 Å². The number of aromatic nitrogens is 1. The quantitative estimate of drug-likeness (QED) is 0.460. The van der Waals surface area contributed by atoms with Gasteiger partial charge in [0.05, 0.1) is 13.7 Å². The van der Waals surface area contributed by atoms with Crippen molar-refractivity contribution in [3.8, 4) is 22.8 Å². The van der Waals surface area contributed by atoms with Crippen LogP contribution < -0.4 is 9.47 Å². The summed E-state index contributed by atoms with van der Waals surface area (Å²) in [4.78, 5) is 29.7. The second-order valence-electron chi connectivity index (χ2n) is 10.7. The third kappa shape index (κ3) is 6.27. The van der Waals surface area contributed by atoms with E-state index in [4.69, 9.17) is 14.0 Å². The standard InChI is InChI=1S/C31H37N3O5/c1-23(35)33-17-15-31(16-18-33)14-6-5-8-25-7-3-4-9-28(25)38-20-19-34(22-31)30(36)29-21-27(32-39-29)24-10-12-26(37-2)13-11-24/h3-4,7,9-13,21H,5-6,8,14-20,22H2,1-2H3. The first-order valence-electron chi connectivity index (χ1n) is 13.8. The Morgan fingerprint density at radius 2 is 1.72 bits per heavy atom. The van der Waals surface area contributed by atoms with Crippen molar-refractivity contribution in [1.82, 2.24) is 15.0 Å². The summed E-state index contributed by atoms with van der Waals surface area (Å²) in [5, 5.41) is 4.19. The Kier molecular flexibility index (Phi) is 8.19. The third-order valence-corrected chi connectivity index (χ3v) is 8.18. The molecule has 8 nitrogen and oxygen atoms in total. The van der Waals surface area contributed by atoms with E-state index in [1.54, 1.807) is 20.1 Å². The number of likely N-dealkylation sites (tertiary alicyclic amines) is 1. The lowest BCUT2D eigenvalue weighted by molar-refractivity contribution is -0.131. The Bertz CT molecular complexity index is 1280. The highest BCUT2D eigenvalue weighted by molar-refractivity contribution is 5.92. The van der Waals surface area contributed by atoms with E-state index in [-0.39, 0.29) is 23.0 Å². The van der Waals surface area contributed by atoms with Gasteiger partial charge in [0.15, 0.2) is 0 Å². The van der Waals surface area contributed by atoms with Crippen molar-refractivity contribution in [3.63, 3.8) is 0 Å². The van der Waals surface area contributed by atoms with Gasteiger partial charge in [-0.15, -0.1) is 0 Å². The zero-order chi connectivity index (χ0) is 27.2. The summed E-state index contributed by atoms with van der Waals surface area (Å²) in [6.45, 7) is 4.50. The third-order valence-electron chi connectivity index (χ3n) is 8.18. The van der Waals surface area contributed by atoms with Gasteiger partial charge in [-0.05, 0) is 73.4 Å². The monoisotopic (exact) mass is 531 g/mol. The fourth-order valence-electron chi connectivity index (χ4n) is 5.80. The van der Waals surface area contributed by atoms with Crippen LogP contribution in [0, 0.1) is 5.41 Å². The van der Waals surface area contributed by atoms with Gasteiger partial charge in [0.2, 0.25) is 11.7 Å². The molecule has 0 unspecified atom stereocenters. The molecule has 1 saturated heterocycles. The summed E-state index contributed by atoms with van der Waals surface area (Å²) >= 11 is 0. The fourth-order valence-corrected chi connectivity index (χ4v) is 5.80. The second kappa shape index (κ2) is 11.9. The van der Waals surface area contributed by atoms with Crippen molar-refractivity contribution in [1.29, 1.82) is 0 Å². The normalized spacial score (nSPS) is 17.9. The number of hydrogen-bond acceptors (Lipinski definition) is 6.